The van der Waals surface area contributed by atoms with Crippen molar-refractivity contribution in [2.45, 2.75) is 20.4 Å². The molecule has 1 aromatic heterocycles. The monoisotopic (exact) mass is 295 g/mol. The maximum absolute atomic E-state index is 10.9. The summed E-state index contributed by atoms with van der Waals surface area (Å²) >= 11 is 7.49. The molecule has 2 rings (SSSR count). The zero-order chi connectivity index (χ0) is 14.0. The summed E-state index contributed by atoms with van der Waals surface area (Å²) in [5.41, 5.74) is 2.86. The number of aryl methyl sites for hydroxylation is 2. The highest BCUT2D eigenvalue weighted by Crippen LogP contribution is 2.27. The topological polar surface area (TPSA) is 49.3 Å². The van der Waals surface area contributed by atoms with E-state index in [1.807, 2.05) is 32.0 Å². The van der Waals surface area contributed by atoms with Crippen molar-refractivity contribution in [1.82, 2.24) is 0 Å². The van der Waals surface area contributed by atoms with Gasteiger partial charge < -0.3 is 10.4 Å². The fourth-order valence-electron chi connectivity index (χ4n) is 1.78. The van der Waals surface area contributed by atoms with Crippen molar-refractivity contribution in [3.05, 3.63) is 50.2 Å². The van der Waals surface area contributed by atoms with E-state index in [9.17, 15) is 4.79 Å². The first-order chi connectivity index (χ1) is 8.99. The molecule has 0 aliphatic heterocycles. The van der Waals surface area contributed by atoms with E-state index >= 15 is 0 Å². The van der Waals surface area contributed by atoms with Crippen LogP contribution in [0, 0.1) is 13.8 Å². The molecule has 1 aromatic carbocycles. The lowest BCUT2D eigenvalue weighted by Crippen LogP contribution is -2.00. The highest BCUT2D eigenvalue weighted by Gasteiger charge is 2.11. The number of rotatable bonds is 4. The molecule has 0 amide bonds. The first-order valence-corrected chi connectivity index (χ1v) is 7.00. The Bertz CT molecular complexity index is 622. The second kappa shape index (κ2) is 5.63. The first kappa shape index (κ1) is 13.9. The van der Waals surface area contributed by atoms with Crippen LogP contribution in [0.5, 0.6) is 0 Å². The van der Waals surface area contributed by atoms with Gasteiger partial charge in [-0.2, -0.15) is 0 Å². The Kier molecular flexibility index (Phi) is 4.12. The Morgan fingerprint density at radius 1 is 1.42 bits per heavy atom. The van der Waals surface area contributed by atoms with Gasteiger partial charge in [0.25, 0.3) is 0 Å². The molecule has 0 saturated heterocycles. The summed E-state index contributed by atoms with van der Waals surface area (Å²) in [5, 5.41) is 12.9. The summed E-state index contributed by atoms with van der Waals surface area (Å²) in [6.07, 6.45) is 0. The third-order valence-corrected chi connectivity index (χ3v) is 4.47. The van der Waals surface area contributed by atoms with Crippen LogP contribution in [0.4, 0.5) is 5.69 Å². The van der Waals surface area contributed by atoms with Gasteiger partial charge in [0.15, 0.2) is 0 Å². The van der Waals surface area contributed by atoms with Crippen LogP contribution in [0.2, 0.25) is 5.02 Å². The molecular weight excluding hydrogens is 282 g/mol. The quantitative estimate of drug-likeness (QED) is 0.882. The molecule has 0 radical (unpaired) electrons. The predicted octanol–water partition coefficient (Wildman–Crippen LogP) is 4.33. The van der Waals surface area contributed by atoms with Gasteiger partial charge in [0.1, 0.15) is 4.88 Å². The maximum atomic E-state index is 10.9. The predicted molar refractivity (Wildman–Crippen MR) is 79.5 cm³/mol. The molecule has 0 spiro atoms. The summed E-state index contributed by atoms with van der Waals surface area (Å²) in [6.45, 7) is 4.44. The Balaban J connectivity index is 2.14. The average molecular weight is 296 g/mol. The van der Waals surface area contributed by atoms with E-state index in [4.69, 9.17) is 16.7 Å². The Morgan fingerprint density at radius 2 is 2.16 bits per heavy atom. The fourth-order valence-corrected chi connectivity index (χ4v) is 2.85. The van der Waals surface area contributed by atoms with Gasteiger partial charge in [-0.05, 0) is 37.1 Å². The maximum Gasteiger partial charge on any atom is 0.345 e. The second-order valence-corrected chi connectivity index (χ2v) is 5.92. The number of thiophene rings is 1. The number of nitrogens with one attached hydrogen (secondary N) is 1. The number of carboxylic acids is 1. The molecule has 5 heteroatoms. The van der Waals surface area contributed by atoms with Gasteiger partial charge in [-0.1, -0.05) is 23.7 Å². The van der Waals surface area contributed by atoms with Gasteiger partial charge >= 0.3 is 5.97 Å². The minimum atomic E-state index is -0.882. The number of halogens is 1. The summed E-state index contributed by atoms with van der Waals surface area (Å²) < 4.78 is 0. The molecule has 19 heavy (non-hydrogen) atoms. The van der Waals surface area contributed by atoms with Crippen LogP contribution in [0.15, 0.2) is 24.3 Å². The summed E-state index contributed by atoms with van der Waals surface area (Å²) in [4.78, 5) is 12.3. The zero-order valence-corrected chi connectivity index (χ0v) is 12.2. The Labute approximate surface area is 120 Å². The third-order valence-electron chi connectivity index (χ3n) is 2.89. The minimum Gasteiger partial charge on any atom is -0.477 e. The lowest BCUT2D eigenvalue weighted by Gasteiger charge is -2.09. The number of hydrogen-bond acceptors (Lipinski definition) is 3. The number of carboxylic acid groups (broad SMARTS) is 1. The highest BCUT2D eigenvalue weighted by atomic mass is 35.5. The number of carbonyl (C=O) groups is 1. The summed E-state index contributed by atoms with van der Waals surface area (Å²) in [6, 6.07) is 7.51. The molecule has 0 unspecified atom stereocenters. The average Bonchev–Trinajstić information content (AvgIpc) is 2.73. The van der Waals surface area contributed by atoms with Crippen LogP contribution in [0.25, 0.3) is 0 Å². The van der Waals surface area contributed by atoms with Crippen molar-refractivity contribution < 1.29 is 9.90 Å². The molecule has 0 atom stereocenters. The molecule has 0 saturated carbocycles. The van der Waals surface area contributed by atoms with E-state index in [2.05, 4.69) is 5.32 Å². The van der Waals surface area contributed by atoms with Crippen molar-refractivity contribution in [3.8, 4) is 0 Å². The molecule has 2 N–H and O–H groups in total. The van der Waals surface area contributed by atoms with Crippen molar-refractivity contribution in [1.29, 1.82) is 0 Å². The van der Waals surface area contributed by atoms with Crippen LogP contribution in [0.3, 0.4) is 0 Å². The van der Waals surface area contributed by atoms with Crippen LogP contribution in [0.1, 0.15) is 25.7 Å². The van der Waals surface area contributed by atoms with E-state index in [0.717, 1.165) is 21.7 Å². The molecule has 2 aromatic rings. The first-order valence-electron chi connectivity index (χ1n) is 5.80. The largest absolute Gasteiger partial charge is 0.477 e. The van der Waals surface area contributed by atoms with Gasteiger partial charge in [0.05, 0.1) is 10.7 Å². The number of benzene rings is 1. The highest BCUT2D eigenvalue weighted by molar-refractivity contribution is 7.14. The van der Waals surface area contributed by atoms with E-state index in [-0.39, 0.29) is 0 Å². The van der Waals surface area contributed by atoms with Gasteiger partial charge in [0, 0.05) is 11.4 Å². The smallest absolute Gasteiger partial charge is 0.345 e. The van der Waals surface area contributed by atoms with E-state index in [1.165, 1.54) is 11.3 Å². The Hall–Kier alpha value is -1.52. The van der Waals surface area contributed by atoms with Crippen molar-refractivity contribution in [3.63, 3.8) is 0 Å². The van der Waals surface area contributed by atoms with Gasteiger partial charge in [0.2, 0.25) is 0 Å². The lowest BCUT2D eigenvalue weighted by atomic mass is 10.2. The third kappa shape index (κ3) is 3.08. The lowest BCUT2D eigenvalue weighted by molar-refractivity contribution is 0.0702. The van der Waals surface area contributed by atoms with Crippen LogP contribution >= 0.6 is 22.9 Å². The fraction of sp³-hybridized carbons (Fsp3) is 0.214. The van der Waals surface area contributed by atoms with Gasteiger partial charge in [-0.25, -0.2) is 4.79 Å². The molecular formula is C14H14ClNO2S. The standard InChI is InChI=1S/C14H14ClNO2S/c1-8-4-3-5-11(13(8)15)16-7-10-6-12(14(17)18)19-9(10)2/h3-6,16H,7H2,1-2H3,(H,17,18). The normalized spacial score (nSPS) is 10.5. The number of anilines is 1. The summed E-state index contributed by atoms with van der Waals surface area (Å²) in [5.74, 6) is -0.882. The van der Waals surface area contributed by atoms with Gasteiger partial charge in [-0.3, -0.25) is 0 Å². The number of aromatic carboxylic acids is 1. The van der Waals surface area contributed by atoms with E-state index in [0.29, 0.717) is 16.4 Å². The van der Waals surface area contributed by atoms with Gasteiger partial charge in [-0.15, -0.1) is 11.3 Å². The second-order valence-electron chi connectivity index (χ2n) is 4.29. The van der Waals surface area contributed by atoms with Crippen molar-refractivity contribution in [2.75, 3.05) is 5.32 Å². The van der Waals surface area contributed by atoms with Crippen molar-refractivity contribution >= 4 is 34.6 Å². The van der Waals surface area contributed by atoms with E-state index < -0.39 is 5.97 Å². The molecule has 0 bridgehead atoms. The SMILES string of the molecule is Cc1cccc(NCc2cc(C(=O)O)sc2C)c1Cl. The zero-order valence-electron chi connectivity index (χ0n) is 10.7. The van der Waals surface area contributed by atoms with Crippen LogP contribution in [-0.2, 0) is 6.54 Å². The van der Waals surface area contributed by atoms with Crippen LogP contribution < -0.4 is 5.32 Å². The van der Waals surface area contributed by atoms with Crippen molar-refractivity contribution in [2.24, 2.45) is 0 Å². The Morgan fingerprint density at radius 3 is 2.79 bits per heavy atom. The molecule has 3 nitrogen and oxygen atoms in total. The van der Waals surface area contributed by atoms with Crippen LogP contribution in [-0.4, -0.2) is 11.1 Å². The molecule has 100 valence electrons. The minimum absolute atomic E-state index is 0.365. The molecule has 0 fully saturated rings. The summed E-state index contributed by atoms with van der Waals surface area (Å²) in [7, 11) is 0. The molecule has 1 heterocycles. The molecule has 0 aliphatic rings. The molecule has 0 aliphatic carbocycles. The van der Waals surface area contributed by atoms with E-state index in [1.54, 1.807) is 6.07 Å². The number of hydrogen-bond donors (Lipinski definition) is 2.